The lowest BCUT2D eigenvalue weighted by molar-refractivity contribution is -0.140. The van der Waals surface area contributed by atoms with Gasteiger partial charge in [0.2, 0.25) is 5.91 Å². The van der Waals surface area contributed by atoms with E-state index < -0.39 is 0 Å². The Hall–Kier alpha value is -1.17. The number of nitrogens with one attached hydrogen (secondary N) is 1. The van der Waals surface area contributed by atoms with Gasteiger partial charge < -0.3 is 10.2 Å². The smallest absolute Gasteiger partial charge is 0.239 e. The van der Waals surface area contributed by atoms with Gasteiger partial charge in [-0.05, 0) is 68.9 Å². The summed E-state index contributed by atoms with van der Waals surface area (Å²) in [4.78, 5) is 17.5. The maximum Gasteiger partial charge on any atom is 0.239 e. The Morgan fingerprint density at radius 2 is 1.81 bits per heavy atom. The summed E-state index contributed by atoms with van der Waals surface area (Å²) < 4.78 is 13.1. The number of halogens is 2. The van der Waals surface area contributed by atoms with Crippen LogP contribution in [0.2, 0.25) is 0 Å². The average Bonchev–Trinajstić information content (AvgIpc) is 2.68. The third-order valence-corrected chi connectivity index (χ3v) is 5.81. The van der Waals surface area contributed by atoms with Gasteiger partial charge >= 0.3 is 0 Å². The van der Waals surface area contributed by atoms with Crippen LogP contribution in [0.5, 0.6) is 0 Å². The minimum Gasteiger partial charge on any atom is -0.341 e. The van der Waals surface area contributed by atoms with Gasteiger partial charge in [-0.1, -0.05) is 25.5 Å². The molecule has 6 heteroatoms. The van der Waals surface area contributed by atoms with Crippen LogP contribution >= 0.6 is 12.4 Å². The predicted molar refractivity (Wildman–Crippen MR) is 110 cm³/mol. The fraction of sp³-hybridized carbons (Fsp3) is 0.667. The number of hydrogen-bond donors (Lipinski definition) is 1. The number of rotatable bonds is 6. The standard InChI is InChI=1S/C21H32FN3O.ClH/c1-2-23-15-17-10-13-24(14-11-17)21(26)20-5-3-4-12-25(20)16-18-6-8-19(22)9-7-18;/h6-9,17,20,23H,2-5,10-16H2,1H3;1H. The van der Waals surface area contributed by atoms with Crippen LogP contribution in [-0.2, 0) is 11.3 Å². The van der Waals surface area contributed by atoms with E-state index in [1.807, 2.05) is 12.1 Å². The van der Waals surface area contributed by atoms with Crippen molar-refractivity contribution in [1.82, 2.24) is 15.1 Å². The number of nitrogens with zero attached hydrogens (tertiary/aromatic N) is 2. The average molecular weight is 398 g/mol. The molecule has 0 bridgehead atoms. The Labute approximate surface area is 168 Å². The molecule has 0 radical (unpaired) electrons. The lowest BCUT2D eigenvalue weighted by atomic mass is 9.94. The number of hydrogen-bond acceptors (Lipinski definition) is 3. The zero-order valence-corrected chi connectivity index (χ0v) is 17.1. The van der Waals surface area contributed by atoms with Crippen molar-refractivity contribution in [2.45, 2.75) is 51.6 Å². The summed E-state index contributed by atoms with van der Waals surface area (Å²) in [6.45, 7) is 7.67. The van der Waals surface area contributed by atoms with Crippen LogP contribution in [0, 0.1) is 11.7 Å². The van der Waals surface area contributed by atoms with E-state index in [1.165, 1.54) is 12.1 Å². The van der Waals surface area contributed by atoms with Crippen molar-refractivity contribution >= 4 is 18.3 Å². The van der Waals surface area contributed by atoms with Gasteiger partial charge in [0.05, 0.1) is 6.04 Å². The molecule has 2 heterocycles. The number of benzene rings is 1. The van der Waals surface area contributed by atoms with Gasteiger partial charge in [0.15, 0.2) is 0 Å². The fourth-order valence-corrected chi connectivity index (χ4v) is 4.20. The van der Waals surface area contributed by atoms with E-state index in [9.17, 15) is 9.18 Å². The molecular weight excluding hydrogens is 365 g/mol. The lowest BCUT2D eigenvalue weighted by Crippen LogP contribution is -2.52. The first-order valence-electron chi connectivity index (χ1n) is 10.2. The van der Waals surface area contributed by atoms with Crippen LogP contribution in [0.4, 0.5) is 4.39 Å². The summed E-state index contributed by atoms with van der Waals surface area (Å²) in [5, 5.41) is 3.43. The van der Waals surface area contributed by atoms with Gasteiger partial charge in [-0.2, -0.15) is 0 Å². The molecule has 27 heavy (non-hydrogen) atoms. The molecule has 1 N–H and O–H groups in total. The van der Waals surface area contributed by atoms with Gasteiger partial charge in [0.1, 0.15) is 5.82 Å². The molecule has 1 aromatic carbocycles. The van der Waals surface area contributed by atoms with E-state index in [0.717, 1.165) is 76.9 Å². The predicted octanol–water partition coefficient (Wildman–Crippen LogP) is 3.45. The van der Waals surface area contributed by atoms with Crippen molar-refractivity contribution in [1.29, 1.82) is 0 Å². The van der Waals surface area contributed by atoms with Crippen LogP contribution < -0.4 is 5.32 Å². The molecule has 2 saturated heterocycles. The van der Waals surface area contributed by atoms with Crippen LogP contribution in [0.25, 0.3) is 0 Å². The zero-order valence-electron chi connectivity index (χ0n) is 16.3. The molecule has 2 aliphatic rings. The highest BCUT2D eigenvalue weighted by Gasteiger charge is 2.33. The summed E-state index contributed by atoms with van der Waals surface area (Å²) in [5.74, 6) is 0.787. The highest BCUT2D eigenvalue weighted by Crippen LogP contribution is 2.24. The third-order valence-electron chi connectivity index (χ3n) is 5.81. The Morgan fingerprint density at radius 3 is 2.48 bits per heavy atom. The number of carbonyl (C=O) groups is 1. The minimum absolute atomic E-state index is 0. The summed E-state index contributed by atoms with van der Waals surface area (Å²) in [6, 6.07) is 6.66. The molecule has 1 amide bonds. The van der Waals surface area contributed by atoms with E-state index >= 15 is 0 Å². The number of likely N-dealkylation sites (tertiary alicyclic amines) is 2. The normalized spacial score (nSPS) is 21.7. The molecule has 1 unspecified atom stereocenters. The van der Waals surface area contributed by atoms with Crippen LogP contribution in [0.15, 0.2) is 24.3 Å². The largest absolute Gasteiger partial charge is 0.341 e. The molecule has 2 aliphatic heterocycles. The first kappa shape index (κ1) is 22.1. The SMILES string of the molecule is CCNCC1CCN(C(=O)C2CCCCN2Cc2ccc(F)cc2)CC1.Cl. The minimum atomic E-state index is -0.208. The molecule has 0 aromatic heterocycles. The van der Waals surface area contributed by atoms with Gasteiger partial charge in [0, 0.05) is 19.6 Å². The highest BCUT2D eigenvalue weighted by molar-refractivity contribution is 5.85. The maximum absolute atomic E-state index is 13.1. The van der Waals surface area contributed by atoms with E-state index in [1.54, 1.807) is 0 Å². The van der Waals surface area contributed by atoms with Crippen molar-refractivity contribution in [3.63, 3.8) is 0 Å². The quantitative estimate of drug-likeness (QED) is 0.798. The molecule has 3 rings (SSSR count). The second-order valence-corrected chi connectivity index (χ2v) is 7.68. The Kier molecular flexibility index (Phi) is 9.00. The molecule has 4 nitrogen and oxygen atoms in total. The van der Waals surface area contributed by atoms with Gasteiger partial charge in [0.25, 0.3) is 0 Å². The first-order valence-corrected chi connectivity index (χ1v) is 10.2. The molecule has 1 aromatic rings. The molecule has 1 atom stereocenters. The fourth-order valence-electron chi connectivity index (χ4n) is 4.20. The Morgan fingerprint density at radius 1 is 1.11 bits per heavy atom. The van der Waals surface area contributed by atoms with Crippen LogP contribution in [0.1, 0.15) is 44.6 Å². The van der Waals surface area contributed by atoms with Gasteiger partial charge in [-0.3, -0.25) is 9.69 Å². The molecular formula is C21H33ClFN3O. The van der Waals surface area contributed by atoms with E-state index in [-0.39, 0.29) is 24.3 Å². The van der Waals surface area contributed by atoms with Crippen LogP contribution in [0.3, 0.4) is 0 Å². The number of carbonyl (C=O) groups excluding carboxylic acids is 1. The van der Waals surface area contributed by atoms with Crippen molar-refractivity contribution in [2.24, 2.45) is 5.92 Å². The van der Waals surface area contributed by atoms with E-state index in [0.29, 0.717) is 11.8 Å². The highest BCUT2D eigenvalue weighted by atomic mass is 35.5. The molecule has 0 saturated carbocycles. The second-order valence-electron chi connectivity index (χ2n) is 7.68. The monoisotopic (exact) mass is 397 g/mol. The second kappa shape index (κ2) is 11.0. The molecule has 0 aliphatic carbocycles. The van der Waals surface area contributed by atoms with Gasteiger partial charge in [-0.15, -0.1) is 12.4 Å². The van der Waals surface area contributed by atoms with E-state index in [4.69, 9.17) is 0 Å². The molecule has 152 valence electrons. The summed E-state index contributed by atoms with van der Waals surface area (Å²) in [7, 11) is 0. The van der Waals surface area contributed by atoms with Crippen LogP contribution in [-0.4, -0.2) is 54.5 Å². The van der Waals surface area contributed by atoms with Crippen molar-refractivity contribution < 1.29 is 9.18 Å². The summed E-state index contributed by atoms with van der Waals surface area (Å²) in [5.41, 5.74) is 1.08. The summed E-state index contributed by atoms with van der Waals surface area (Å²) >= 11 is 0. The Balaban J connectivity index is 0.00000261. The third kappa shape index (κ3) is 6.16. The number of amides is 1. The zero-order chi connectivity index (χ0) is 18.4. The van der Waals surface area contributed by atoms with E-state index in [2.05, 4.69) is 22.0 Å². The lowest BCUT2D eigenvalue weighted by Gasteiger charge is -2.40. The van der Waals surface area contributed by atoms with Crippen molar-refractivity contribution in [3.05, 3.63) is 35.6 Å². The maximum atomic E-state index is 13.1. The number of piperidine rings is 2. The Bertz CT molecular complexity index is 575. The molecule has 2 fully saturated rings. The first-order chi connectivity index (χ1) is 12.7. The van der Waals surface area contributed by atoms with Crippen molar-refractivity contribution in [2.75, 3.05) is 32.7 Å². The summed E-state index contributed by atoms with van der Waals surface area (Å²) in [6.07, 6.45) is 5.40. The van der Waals surface area contributed by atoms with Crippen molar-refractivity contribution in [3.8, 4) is 0 Å². The molecule has 0 spiro atoms. The topological polar surface area (TPSA) is 35.6 Å². The van der Waals surface area contributed by atoms with Gasteiger partial charge in [-0.25, -0.2) is 4.39 Å².